The Morgan fingerprint density at radius 1 is 1.08 bits per heavy atom. The first kappa shape index (κ1) is 22.5. The molecule has 0 atom stereocenters. The monoisotopic (exact) mass is 481 g/mol. The van der Waals surface area contributed by atoms with Crippen molar-refractivity contribution >= 4 is 23.0 Å². The van der Waals surface area contributed by atoms with Gasteiger partial charge in [0.1, 0.15) is 11.5 Å². The zero-order chi connectivity index (χ0) is 24.6. The predicted molar refractivity (Wildman–Crippen MR) is 135 cm³/mol. The molecule has 3 aromatic heterocycles. The Morgan fingerprint density at radius 2 is 1.94 bits per heavy atom. The molecule has 1 saturated heterocycles. The van der Waals surface area contributed by atoms with Crippen molar-refractivity contribution in [2.75, 3.05) is 19.8 Å². The summed E-state index contributed by atoms with van der Waals surface area (Å²) in [4.78, 5) is 39.2. The molecule has 0 aliphatic carbocycles. The Kier molecular flexibility index (Phi) is 5.81. The fourth-order valence-electron chi connectivity index (χ4n) is 5.31. The number of benzene rings is 1. The number of carbonyl (C=O) groups excluding carboxylic acids is 2. The molecule has 6 rings (SSSR count). The molecule has 0 saturated carbocycles. The molecule has 182 valence electrons. The van der Waals surface area contributed by atoms with Gasteiger partial charge in [0.15, 0.2) is 6.29 Å². The molecule has 1 fully saturated rings. The molecule has 0 radical (unpaired) electrons. The molecule has 5 heterocycles. The van der Waals surface area contributed by atoms with Crippen LogP contribution in [-0.4, -0.2) is 56.4 Å². The summed E-state index contributed by atoms with van der Waals surface area (Å²) in [7, 11) is 0. The first-order valence-corrected chi connectivity index (χ1v) is 12.4. The van der Waals surface area contributed by atoms with Gasteiger partial charge in [-0.3, -0.25) is 19.6 Å². The molecule has 0 spiro atoms. The molecule has 1 amide bonds. The smallest absolute Gasteiger partial charge is 0.219 e. The number of rotatable bonds is 4. The fourth-order valence-corrected chi connectivity index (χ4v) is 5.31. The normalized spacial score (nSPS) is 16.2. The highest BCUT2D eigenvalue weighted by molar-refractivity contribution is 5.97. The summed E-state index contributed by atoms with van der Waals surface area (Å²) in [6, 6.07) is 11.8. The van der Waals surface area contributed by atoms with Crippen molar-refractivity contribution in [1.82, 2.24) is 24.4 Å². The van der Waals surface area contributed by atoms with Crippen LogP contribution >= 0.6 is 0 Å². The number of ether oxygens (including phenoxy) is 1. The van der Waals surface area contributed by atoms with Crippen molar-refractivity contribution in [3.8, 4) is 22.5 Å². The number of nitrogens with zero attached hydrogens (tertiary/aromatic N) is 5. The third kappa shape index (κ3) is 3.97. The molecule has 0 bridgehead atoms. The number of hydrogen-bond acceptors (Lipinski definition) is 6. The van der Waals surface area contributed by atoms with Gasteiger partial charge >= 0.3 is 0 Å². The molecule has 4 aromatic rings. The molecule has 8 heteroatoms. The Balaban J connectivity index is 1.46. The molecule has 1 aromatic carbocycles. The number of carbonyl (C=O) groups is 2. The maximum Gasteiger partial charge on any atom is 0.219 e. The lowest BCUT2D eigenvalue weighted by Crippen LogP contribution is -2.37. The second-order valence-corrected chi connectivity index (χ2v) is 9.43. The van der Waals surface area contributed by atoms with Gasteiger partial charge in [0, 0.05) is 68.1 Å². The van der Waals surface area contributed by atoms with E-state index in [2.05, 4.69) is 21.7 Å². The van der Waals surface area contributed by atoms with Gasteiger partial charge in [-0.05, 0) is 36.4 Å². The van der Waals surface area contributed by atoms with Crippen molar-refractivity contribution in [2.24, 2.45) is 0 Å². The van der Waals surface area contributed by atoms with Crippen molar-refractivity contribution in [3.05, 3.63) is 66.0 Å². The van der Waals surface area contributed by atoms with Crippen LogP contribution in [0, 0.1) is 0 Å². The summed E-state index contributed by atoms with van der Waals surface area (Å²) in [5.41, 5.74) is 5.08. The molecule has 2 aliphatic heterocycles. The zero-order valence-corrected chi connectivity index (χ0v) is 20.2. The van der Waals surface area contributed by atoms with Crippen LogP contribution in [0.15, 0.2) is 48.8 Å². The Bertz CT molecular complexity index is 1450. The summed E-state index contributed by atoms with van der Waals surface area (Å²) in [5, 5.41) is 2.06. The maximum absolute atomic E-state index is 12.2. The van der Waals surface area contributed by atoms with Crippen LogP contribution in [-0.2, 0) is 22.6 Å². The largest absolute Gasteiger partial charge is 0.381 e. The maximum atomic E-state index is 12.2. The van der Waals surface area contributed by atoms with Gasteiger partial charge in [0.05, 0.1) is 23.6 Å². The van der Waals surface area contributed by atoms with E-state index in [1.807, 2.05) is 29.3 Å². The zero-order valence-electron chi connectivity index (χ0n) is 20.2. The minimum atomic E-state index is 0.0828. The van der Waals surface area contributed by atoms with E-state index in [4.69, 9.17) is 14.7 Å². The van der Waals surface area contributed by atoms with E-state index in [1.54, 1.807) is 19.2 Å². The molecular weight excluding hydrogens is 454 g/mol. The molecular formula is C28H27N5O3. The highest BCUT2D eigenvalue weighted by Gasteiger charge is 2.30. The van der Waals surface area contributed by atoms with Gasteiger partial charge in [-0.25, -0.2) is 4.98 Å². The van der Waals surface area contributed by atoms with E-state index in [-0.39, 0.29) is 5.91 Å². The highest BCUT2D eigenvalue weighted by Crippen LogP contribution is 2.37. The van der Waals surface area contributed by atoms with E-state index in [1.165, 1.54) is 0 Å². The molecule has 36 heavy (non-hydrogen) atoms. The molecule has 2 aliphatic rings. The fraction of sp³-hybridized carbons (Fsp3) is 0.321. The van der Waals surface area contributed by atoms with E-state index in [9.17, 15) is 9.59 Å². The van der Waals surface area contributed by atoms with Crippen LogP contribution in [0.25, 0.3) is 33.3 Å². The van der Waals surface area contributed by atoms with Crippen LogP contribution in [0.4, 0.5) is 0 Å². The van der Waals surface area contributed by atoms with Crippen LogP contribution in [0.2, 0.25) is 0 Å². The number of aromatic nitrogens is 4. The number of pyridine rings is 2. The van der Waals surface area contributed by atoms with Gasteiger partial charge in [-0.2, -0.15) is 0 Å². The standard InChI is InChI=1S/C28H27N5O3/c1-18(35)32-9-10-33-26(16-32)27(31-28(33)19-7-11-36-12-8-19)23-4-2-3-20-13-25(30-15-24(20)23)21-5-6-22(17-34)29-14-21/h2-6,13-15,17,19H,7-12,16H2,1H3. The minimum Gasteiger partial charge on any atom is -0.381 e. The number of imidazole rings is 1. The molecule has 8 nitrogen and oxygen atoms in total. The van der Waals surface area contributed by atoms with Gasteiger partial charge in [0.2, 0.25) is 5.91 Å². The Hall–Kier alpha value is -3.91. The number of aldehydes is 1. The Morgan fingerprint density at radius 3 is 2.69 bits per heavy atom. The number of fused-ring (bicyclic) bond motifs is 2. The SMILES string of the molecule is CC(=O)N1CCn2c(C3CCOCC3)nc(-c3cccc4cc(-c5ccc(C=O)nc5)ncc34)c2C1. The Labute approximate surface area is 209 Å². The lowest BCUT2D eigenvalue weighted by molar-refractivity contribution is -0.130. The van der Waals surface area contributed by atoms with E-state index in [0.717, 1.165) is 83.7 Å². The molecule has 0 N–H and O–H groups in total. The molecule has 0 unspecified atom stereocenters. The number of amides is 1. The average molecular weight is 482 g/mol. The van der Waals surface area contributed by atoms with Gasteiger partial charge in [0.25, 0.3) is 0 Å². The summed E-state index contributed by atoms with van der Waals surface area (Å²) in [6.45, 7) is 5.15. The third-order valence-electron chi connectivity index (χ3n) is 7.29. The first-order chi connectivity index (χ1) is 17.6. The van der Waals surface area contributed by atoms with Gasteiger partial charge in [-0.15, -0.1) is 0 Å². The van der Waals surface area contributed by atoms with Crippen molar-refractivity contribution < 1.29 is 14.3 Å². The van der Waals surface area contributed by atoms with Gasteiger partial charge in [-0.1, -0.05) is 18.2 Å². The average Bonchev–Trinajstić information content (AvgIpc) is 3.31. The topological polar surface area (TPSA) is 90.2 Å². The summed E-state index contributed by atoms with van der Waals surface area (Å²) in [5.74, 6) is 1.55. The van der Waals surface area contributed by atoms with Crippen LogP contribution in [0.5, 0.6) is 0 Å². The predicted octanol–water partition coefficient (Wildman–Crippen LogP) is 4.23. The van der Waals surface area contributed by atoms with E-state index < -0.39 is 0 Å². The quantitative estimate of drug-likeness (QED) is 0.405. The summed E-state index contributed by atoms with van der Waals surface area (Å²) < 4.78 is 7.94. The summed E-state index contributed by atoms with van der Waals surface area (Å²) >= 11 is 0. The number of hydrogen-bond donors (Lipinski definition) is 0. The minimum absolute atomic E-state index is 0.0828. The van der Waals surface area contributed by atoms with Crippen LogP contribution < -0.4 is 0 Å². The second kappa shape index (κ2) is 9.28. The van der Waals surface area contributed by atoms with Crippen molar-refractivity contribution in [2.45, 2.75) is 38.8 Å². The van der Waals surface area contributed by atoms with Crippen molar-refractivity contribution in [3.63, 3.8) is 0 Å². The van der Waals surface area contributed by atoms with Crippen LogP contribution in [0.1, 0.15) is 47.7 Å². The van der Waals surface area contributed by atoms with Crippen molar-refractivity contribution in [1.29, 1.82) is 0 Å². The van der Waals surface area contributed by atoms with Gasteiger partial charge < -0.3 is 14.2 Å². The van der Waals surface area contributed by atoms with Crippen LogP contribution in [0.3, 0.4) is 0 Å². The third-order valence-corrected chi connectivity index (χ3v) is 7.29. The first-order valence-electron chi connectivity index (χ1n) is 12.4. The summed E-state index contributed by atoms with van der Waals surface area (Å²) in [6.07, 6.45) is 6.22. The second-order valence-electron chi connectivity index (χ2n) is 9.43. The lowest BCUT2D eigenvalue weighted by atomic mass is 9.99. The van der Waals surface area contributed by atoms with E-state index >= 15 is 0 Å². The highest BCUT2D eigenvalue weighted by atomic mass is 16.5. The lowest BCUT2D eigenvalue weighted by Gasteiger charge is -2.30. The van der Waals surface area contributed by atoms with E-state index in [0.29, 0.717) is 24.7 Å².